The lowest BCUT2D eigenvalue weighted by atomic mass is 10.2. The van der Waals surface area contributed by atoms with Crippen molar-refractivity contribution in [3.8, 4) is 0 Å². The van der Waals surface area contributed by atoms with E-state index in [-0.39, 0.29) is 19.0 Å². The molecule has 0 saturated carbocycles. The van der Waals surface area contributed by atoms with Gasteiger partial charge >= 0.3 is 6.09 Å². The average Bonchev–Trinajstić information content (AvgIpc) is 2.37. The number of hydrogen-bond acceptors (Lipinski definition) is 3. The lowest BCUT2D eigenvalue weighted by Crippen LogP contribution is -2.25. The summed E-state index contributed by atoms with van der Waals surface area (Å²) >= 11 is 0. The Morgan fingerprint density at radius 1 is 1.22 bits per heavy atom. The van der Waals surface area contributed by atoms with E-state index in [0.29, 0.717) is 13.0 Å². The smallest absolute Gasteiger partial charge is 0.407 e. The second-order valence-electron chi connectivity index (χ2n) is 3.65. The number of nitrogens with one attached hydrogen (secondary N) is 1. The third-order valence-corrected chi connectivity index (χ3v) is 2.23. The highest BCUT2D eigenvalue weighted by Gasteiger charge is 2.00. The number of benzene rings is 1. The fourth-order valence-electron chi connectivity index (χ4n) is 1.32. The van der Waals surface area contributed by atoms with E-state index < -0.39 is 6.09 Å². The van der Waals surface area contributed by atoms with Gasteiger partial charge in [-0.05, 0) is 18.4 Å². The number of aldehydes is 1. The van der Waals surface area contributed by atoms with E-state index in [1.807, 2.05) is 30.3 Å². The van der Waals surface area contributed by atoms with Crippen LogP contribution in [0.1, 0.15) is 24.8 Å². The molecule has 1 aromatic rings. The van der Waals surface area contributed by atoms with Crippen LogP contribution in [0, 0.1) is 0 Å². The van der Waals surface area contributed by atoms with Crippen molar-refractivity contribution in [1.29, 1.82) is 0 Å². The van der Waals surface area contributed by atoms with Gasteiger partial charge in [-0.1, -0.05) is 30.3 Å². The van der Waals surface area contributed by atoms with Gasteiger partial charge in [0.1, 0.15) is 12.9 Å². The van der Waals surface area contributed by atoms with Gasteiger partial charge in [-0.25, -0.2) is 4.79 Å². The van der Waals surface area contributed by atoms with E-state index in [0.717, 1.165) is 24.7 Å². The Kier molecular flexibility index (Phi) is 9.68. The molecule has 18 heavy (non-hydrogen) atoms. The van der Waals surface area contributed by atoms with Gasteiger partial charge < -0.3 is 14.8 Å². The van der Waals surface area contributed by atoms with E-state index in [4.69, 9.17) is 4.74 Å². The van der Waals surface area contributed by atoms with Crippen LogP contribution in [0.25, 0.3) is 0 Å². The van der Waals surface area contributed by atoms with Crippen molar-refractivity contribution < 1.29 is 14.3 Å². The molecular weight excluding hydrogens is 254 g/mol. The number of amides is 1. The van der Waals surface area contributed by atoms with E-state index >= 15 is 0 Å². The zero-order valence-electron chi connectivity index (χ0n) is 10.1. The van der Waals surface area contributed by atoms with Gasteiger partial charge in [-0.2, -0.15) is 0 Å². The summed E-state index contributed by atoms with van der Waals surface area (Å²) in [4.78, 5) is 21.3. The van der Waals surface area contributed by atoms with Crippen LogP contribution in [0.4, 0.5) is 4.79 Å². The summed E-state index contributed by atoms with van der Waals surface area (Å²) in [5.41, 5.74) is 0.962. The van der Waals surface area contributed by atoms with Crippen molar-refractivity contribution in [3.05, 3.63) is 35.9 Å². The molecule has 0 aliphatic rings. The van der Waals surface area contributed by atoms with Gasteiger partial charge in [0, 0.05) is 13.0 Å². The Morgan fingerprint density at radius 3 is 2.61 bits per heavy atom. The Bertz CT molecular complexity index is 343. The molecule has 0 radical (unpaired) electrons. The van der Waals surface area contributed by atoms with Gasteiger partial charge in [0.15, 0.2) is 0 Å². The molecule has 0 bridgehead atoms. The molecule has 0 heterocycles. The molecule has 4 nitrogen and oxygen atoms in total. The summed E-state index contributed by atoms with van der Waals surface area (Å²) in [6, 6.07) is 9.51. The van der Waals surface area contributed by atoms with E-state index in [2.05, 4.69) is 5.32 Å². The molecule has 5 heteroatoms. The first kappa shape index (κ1) is 16.4. The summed E-state index contributed by atoms with van der Waals surface area (Å²) in [5.74, 6) is 0. The molecule has 1 N–H and O–H groups in total. The predicted molar refractivity (Wildman–Crippen MR) is 71.8 cm³/mol. The Labute approximate surface area is 113 Å². The molecular formula is C13H18ClNO3. The maximum atomic E-state index is 11.2. The van der Waals surface area contributed by atoms with Crippen molar-refractivity contribution >= 4 is 24.8 Å². The fraction of sp³-hybridized carbons (Fsp3) is 0.385. The van der Waals surface area contributed by atoms with E-state index in [1.54, 1.807) is 0 Å². The average molecular weight is 272 g/mol. The monoisotopic (exact) mass is 271 g/mol. The molecule has 0 saturated heterocycles. The van der Waals surface area contributed by atoms with Crippen molar-refractivity contribution in [2.45, 2.75) is 25.9 Å². The van der Waals surface area contributed by atoms with Crippen molar-refractivity contribution in [3.63, 3.8) is 0 Å². The summed E-state index contributed by atoms with van der Waals surface area (Å²) in [6.07, 6.45) is 2.59. The first-order chi connectivity index (χ1) is 8.33. The van der Waals surface area contributed by atoms with Gasteiger partial charge in [0.25, 0.3) is 0 Å². The Balaban J connectivity index is 0.00000289. The molecule has 1 aromatic carbocycles. The second-order valence-corrected chi connectivity index (χ2v) is 3.65. The molecule has 100 valence electrons. The molecule has 0 fully saturated rings. The van der Waals surface area contributed by atoms with E-state index in [9.17, 15) is 9.59 Å². The van der Waals surface area contributed by atoms with Crippen LogP contribution in [-0.4, -0.2) is 18.9 Å². The molecule has 1 amide bonds. The highest BCUT2D eigenvalue weighted by molar-refractivity contribution is 5.85. The first-order valence-corrected chi connectivity index (χ1v) is 5.71. The molecule has 0 aliphatic heterocycles. The minimum Gasteiger partial charge on any atom is -0.445 e. The maximum Gasteiger partial charge on any atom is 0.407 e. The Morgan fingerprint density at radius 2 is 1.94 bits per heavy atom. The topological polar surface area (TPSA) is 55.4 Å². The van der Waals surface area contributed by atoms with Crippen LogP contribution in [0.15, 0.2) is 30.3 Å². The molecule has 0 atom stereocenters. The van der Waals surface area contributed by atoms with E-state index in [1.165, 1.54) is 0 Å². The van der Waals surface area contributed by atoms with Crippen LogP contribution < -0.4 is 5.32 Å². The molecule has 0 spiro atoms. The zero-order chi connectivity index (χ0) is 12.3. The minimum atomic E-state index is -0.417. The normalized spacial score (nSPS) is 9.11. The predicted octanol–water partition coefficient (Wildman–Crippen LogP) is 2.70. The summed E-state index contributed by atoms with van der Waals surface area (Å²) < 4.78 is 5.02. The number of unbranched alkanes of at least 4 members (excludes halogenated alkanes) is 2. The first-order valence-electron chi connectivity index (χ1n) is 5.71. The standard InChI is InChI=1S/C13H17NO3.ClH/c15-10-6-2-5-9-14-13(16)17-11-12-7-3-1-4-8-12;/h1,3-4,7-8,10H,2,5-6,9,11H2,(H,14,16);1H. The quantitative estimate of drug-likeness (QED) is 0.613. The number of hydrogen-bond donors (Lipinski definition) is 1. The van der Waals surface area contributed by atoms with Crippen LogP contribution in [0.3, 0.4) is 0 Å². The number of carbonyl (C=O) groups excluding carboxylic acids is 2. The highest BCUT2D eigenvalue weighted by atomic mass is 35.5. The zero-order valence-corrected chi connectivity index (χ0v) is 10.9. The summed E-state index contributed by atoms with van der Waals surface area (Å²) in [7, 11) is 0. The summed E-state index contributed by atoms with van der Waals surface area (Å²) in [5, 5.41) is 2.63. The SMILES string of the molecule is Cl.O=CCCCCNC(=O)OCc1ccccc1. The lowest BCUT2D eigenvalue weighted by Gasteiger charge is -2.06. The van der Waals surface area contributed by atoms with Gasteiger partial charge in [-0.15, -0.1) is 12.4 Å². The molecule has 0 unspecified atom stereocenters. The van der Waals surface area contributed by atoms with Gasteiger partial charge in [0.2, 0.25) is 0 Å². The fourth-order valence-corrected chi connectivity index (χ4v) is 1.32. The van der Waals surface area contributed by atoms with Crippen LogP contribution in [0.2, 0.25) is 0 Å². The molecule has 0 aliphatic carbocycles. The van der Waals surface area contributed by atoms with Crippen LogP contribution in [0.5, 0.6) is 0 Å². The number of halogens is 1. The Hall–Kier alpha value is -1.55. The van der Waals surface area contributed by atoms with Gasteiger partial charge in [-0.3, -0.25) is 0 Å². The third-order valence-electron chi connectivity index (χ3n) is 2.23. The maximum absolute atomic E-state index is 11.2. The number of carbonyl (C=O) groups is 2. The third kappa shape index (κ3) is 7.68. The molecule has 1 rings (SSSR count). The largest absolute Gasteiger partial charge is 0.445 e. The number of rotatable bonds is 7. The lowest BCUT2D eigenvalue weighted by molar-refractivity contribution is -0.107. The molecule has 0 aromatic heterocycles. The number of alkyl carbamates (subject to hydrolysis) is 1. The van der Waals surface area contributed by atoms with Crippen LogP contribution in [-0.2, 0) is 16.1 Å². The highest BCUT2D eigenvalue weighted by Crippen LogP contribution is 2.00. The van der Waals surface area contributed by atoms with Crippen molar-refractivity contribution in [2.24, 2.45) is 0 Å². The second kappa shape index (κ2) is 10.6. The van der Waals surface area contributed by atoms with Gasteiger partial charge in [0.05, 0.1) is 0 Å². The van der Waals surface area contributed by atoms with Crippen molar-refractivity contribution in [1.82, 2.24) is 5.32 Å². The minimum absolute atomic E-state index is 0. The van der Waals surface area contributed by atoms with Crippen molar-refractivity contribution in [2.75, 3.05) is 6.54 Å². The summed E-state index contributed by atoms with van der Waals surface area (Å²) in [6.45, 7) is 0.822. The number of ether oxygens (including phenoxy) is 1. The van der Waals surface area contributed by atoms with Crippen LogP contribution >= 0.6 is 12.4 Å².